The van der Waals surface area contributed by atoms with Crippen LogP contribution in [0.15, 0.2) is 13.5 Å². The van der Waals surface area contributed by atoms with E-state index in [1.807, 2.05) is 6.66 Å². The molecule has 2 aliphatic heterocycles. The molecule has 88 valence electrons. The van der Waals surface area contributed by atoms with Crippen LogP contribution in [-0.2, 0) is 4.52 Å². The Morgan fingerprint density at radius 2 is 1.93 bits per heavy atom. The van der Waals surface area contributed by atoms with Crippen LogP contribution in [0, 0.1) is 0 Å². The summed E-state index contributed by atoms with van der Waals surface area (Å²) in [5.74, 6) is -2.71. The Morgan fingerprint density at radius 1 is 1.20 bits per heavy atom. The average Bonchev–Trinajstić information content (AvgIpc) is 1.95. The Kier molecular flexibility index (Phi) is 3.70. The van der Waals surface area contributed by atoms with E-state index in [2.05, 4.69) is 18.6 Å². The molecular weight excluding hydrogens is 319 g/mol. The van der Waals surface area contributed by atoms with E-state index >= 15 is 0 Å². The van der Waals surface area contributed by atoms with E-state index < -0.39 is 20.1 Å². The van der Waals surface area contributed by atoms with Crippen LogP contribution < -0.4 is 5.09 Å². The second-order valence-corrected chi connectivity index (χ2v) is 14.3. The molecule has 0 aliphatic carbocycles. The zero-order valence-corrected chi connectivity index (χ0v) is 12.8. The molecule has 2 heterocycles. The lowest BCUT2D eigenvalue weighted by Crippen LogP contribution is -2.14. The number of fused-ring (bicyclic) bond motifs is 1. The monoisotopic (exact) mass is 328 g/mol. The summed E-state index contributed by atoms with van der Waals surface area (Å²) in [4.78, 5) is 0. The van der Waals surface area contributed by atoms with Crippen molar-refractivity contribution in [2.24, 2.45) is 13.5 Å². The molecule has 0 aromatic carbocycles. The van der Waals surface area contributed by atoms with Crippen molar-refractivity contribution in [1.29, 1.82) is 0 Å². The van der Waals surface area contributed by atoms with Gasteiger partial charge in [0.25, 0.3) is 12.7 Å². The molecule has 0 saturated heterocycles. The SMILES string of the molecule is CP12=NP(Cl)(Cl)=NP(Cl)(=N1)OCCCN2. The molecule has 1 N–H and O–H groups in total. The van der Waals surface area contributed by atoms with Crippen molar-refractivity contribution in [1.82, 2.24) is 5.09 Å². The lowest BCUT2D eigenvalue weighted by atomic mass is 10.5. The van der Waals surface area contributed by atoms with Gasteiger partial charge in [0, 0.05) is 13.2 Å². The molecule has 0 saturated carbocycles. The van der Waals surface area contributed by atoms with Gasteiger partial charge in [-0.05, 0) is 40.1 Å². The van der Waals surface area contributed by atoms with Crippen LogP contribution >= 0.6 is 53.8 Å². The second-order valence-electron chi connectivity index (χ2n) is 3.20. The summed E-state index contributed by atoms with van der Waals surface area (Å²) in [5, 5.41) is 3.25. The van der Waals surface area contributed by atoms with Gasteiger partial charge in [0.15, 0.2) is 0 Å². The summed E-state index contributed by atoms with van der Waals surface area (Å²) in [6, 6.07) is 0. The third-order valence-electron chi connectivity index (χ3n) is 1.77. The number of nitrogens with one attached hydrogen (secondary N) is 1. The molecule has 2 unspecified atom stereocenters. The highest BCUT2D eigenvalue weighted by molar-refractivity contribution is 8.15. The van der Waals surface area contributed by atoms with Gasteiger partial charge in [-0.3, -0.25) is 5.09 Å². The molecule has 11 heteroatoms. The Bertz CT molecular complexity index is 431. The van der Waals surface area contributed by atoms with E-state index in [1.165, 1.54) is 0 Å². The minimum Gasteiger partial charge on any atom is -0.316 e. The van der Waals surface area contributed by atoms with Gasteiger partial charge in [-0.25, -0.2) is 0 Å². The molecule has 15 heavy (non-hydrogen) atoms. The van der Waals surface area contributed by atoms with Crippen molar-refractivity contribution in [3.63, 3.8) is 0 Å². The lowest BCUT2D eigenvalue weighted by molar-refractivity contribution is 0.345. The fraction of sp³-hybridized carbons (Fsp3) is 1.00. The van der Waals surface area contributed by atoms with E-state index in [0.29, 0.717) is 6.61 Å². The molecule has 0 spiro atoms. The number of hydrogen-bond acceptors (Lipinski definition) is 5. The predicted molar refractivity (Wildman–Crippen MR) is 70.1 cm³/mol. The van der Waals surface area contributed by atoms with Crippen LogP contribution in [0.4, 0.5) is 0 Å². The maximum absolute atomic E-state index is 6.20. The van der Waals surface area contributed by atoms with E-state index in [1.54, 1.807) is 0 Å². The highest BCUT2D eigenvalue weighted by Gasteiger charge is 2.33. The molecule has 0 radical (unpaired) electrons. The fourth-order valence-electron chi connectivity index (χ4n) is 1.27. The normalized spacial score (nSPS) is 44.0. The van der Waals surface area contributed by atoms with E-state index in [-0.39, 0.29) is 0 Å². The van der Waals surface area contributed by atoms with Gasteiger partial charge in [-0.2, -0.15) is 13.5 Å². The van der Waals surface area contributed by atoms with Crippen molar-refractivity contribution in [3.8, 4) is 0 Å². The first kappa shape index (κ1) is 12.9. The topological polar surface area (TPSA) is 58.3 Å². The first-order valence-corrected chi connectivity index (χ1v) is 12.4. The number of hydrogen-bond donors (Lipinski definition) is 1. The van der Waals surface area contributed by atoms with Crippen LogP contribution in [0.1, 0.15) is 6.42 Å². The first-order valence-electron chi connectivity index (χ1n) is 4.20. The van der Waals surface area contributed by atoms with Gasteiger partial charge in [0.05, 0.1) is 6.61 Å². The van der Waals surface area contributed by atoms with Gasteiger partial charge in [-0.15, -0.1) is 0 Å². The maximum Gasteiger partial charge on any atom is 0.298 e. The Morgan fingerprint density at radius 3 is 2.67 bits per heavy atom. The van der Waals surface area contributed by atoms with Crippen molar-refractivity contribution < 1.29 is 4.52 Å². The third kappa shape index (κ3) is 3.24. The van der Waals surface area contributed by atoms with Crippen LogP contribution in [0.5, 0.6) is 0 Å². The molecule has 5 nitrogen and oxygen atoms in total. The van der Waals surface area contributed by atoms with Gasteiger partial charge in [0.1, 0.15) is 7.36 Å². The van der Waals surface area contributed by atoms with Crippen molar-refractivity contribution >= 4 is 53.8 Å². The summed E-state index contributed by atoms with van der Waals surface area (Å²) in [6.45, 7) is 0.510. The van der Waals surface area contributed by atoms with Gasteiger partial charge >= 0.3 is 0 Å². The molecule has 2 rings (SSSR count). The minimum atomic E-state index is -2.71. The standard InChI is InChI=1S/C4H10Cl3N4OP3/c1-13-8-3-2-4-12-15(7,10-13)11-14(5,6)9-13/h8H,2-4H2,1H3. The van der Waals surface area contributed by atoms with Gasteiger partial charge < -0.3 is 4.52 Å². The Hall–Kier alpha value is 1.48. The smallest absolute Gasteiger partial charge is 0.298 e. The molecule has 0 amide bonds. The van der Waals surface area contributed by atoms with Crippen molar-refractivity contribution in [3.05, 3.63) is 0 Å². The highest BCUT2D eigenvalue weighted by Crippen LogP contribution is 2.82. The molecule has 2 aliphatic rings. The number of halogens is 3. The molecule has 2 atom stereocenters. The highest BCUT2D eigenvalue weighted by atomic mass is 35.9. The van der Waals surface area contributed by atoms with E-state index in [0.717, 1.165) is 13.0 Å². The van der Waals surface area contributed by atoms with Crippen LogP contribution in [0.3, 0.4) is 0 Å². The van der Waals surface area contributed by atoms with Crippen LogP contribution in [0.25, 0.3) is 0 Å². The third-order valence-corrected chi connectivity index (χ3v) is 13.3. The van der Waals surface area contributed by atoms with Gasteiger partial charge in [-0.1, -0.05) is 0 Å². The van der Waals surface area contributed by atoms with E-state index in [4.69, 9.17) is 38.2 Å². The zero-order chi connectivity index (χ0) is 11.2. The number of nitrogens with zero attached hydrogens (tertiary/aromatic N) is 3. The lowest BCUT2D eigenvalue weighted by Gasteiger charge is -2.28. The molecule has 0 fully saturated rings. The predicted octanol–water partition coefficient (Wildman–Crippen LogP) is 5.28. The summed E-state index contributed by atoms with van der Waals surface area (Å²) < 4.78 is 18.2. The van der Waals surface area contributed by atoms with Crippen molar-refractivity contribution in [2.75, 3.05) is 19.8 Å². The summed E-state index contributed by atoms with van der Waals surface area (Å²) in [7, 11) is -2.09. The first-order chi connectivity index (χ1) is 6.83. The maximum atomic E-state index is 6.20. The number of rotatable bonds is 0. The summed E-state index contributed by atoms with van der Waals surface area (Å²) >= 11 is 18.2. The van der Waals surface area contributed by atoms with E-state index in [9.17, 15) is 0 Å². The summed E-state index contributed by atoms with van der Waals surface area (Å²) in [6.07, 6.45) is 0.862. The largest absolute Gasteiger partial charge is 0.316 e. The molecule has 0 aromatic heterocycles. The zero-order valence-electron chi connectivity index (χ0n) is 7.85. The molecular formula is C4H10Cl3N4OP3. The average molecular weight is 329 g/mol. The fourth-order valence-corrected chi connectivity index (χ4v) is 15.9. The Labute approximate surface area is 103 Å². The Balaban J connectivity index is 2.61. The molecule has 2 bridgehead atoms. The quantitative estimate of drug-likeness (QED) is 0.615. The van der Waals surface area contributed by atoms with Crippen LogP contribution in [-0.4, -0.2) is 19.8 Å². The van der Waals surface area contributed by atoms with Crippen LogP contribution in [0.2, 0.25) is 0 Å². The molecule has 0 aromatic rings. The second kappa shape index (κ2) is 4.30. The summed E-state index contributed by atoms with van der Waals surface area (Å²) in [5.41, 5.74) is 0. The van der Waals surface area contributed by atoms with Crippen molar-refractivity contribution in [2.45, 2.75) is 6.42 Å². The van der Waals surface area contributed by atoms with Gasteiger partial charge in [0.2, 0.25) is 0 Å². The minimum absolute atomic E-state index is 0.519.